The van der Waals surface area contributed by atoms with Crippen LogP contribution in [0.25, 0.3) is 33.4 Å². The summed E-state index contributed by atoms with van der Waals surface area (Å²) in [6.45, 7) is 0. The normalized spacial score (nSPS) is 10.6. The molecule has 0 fully saturated rings. The molecular formula is C24H16KLiO4S. The van der Waals surface area contributed by atoms with E-state index in [9.17, 15) is 18.1 Å². The largest absolute Gasteiger partial charge is 1.00 e. The summed E-state index contributed by atoms with van der Waals surface area (Å²) in [6, 6.07) is 28.1. The molecule has 0 heterocycles. The van der Waals surface area contributed by atoms with Gasteiger partial charge in [-0.25, -0.2) is 8.42 Å². The van der Waals surface area contributed by atoms with Gasteiger partial charge in [0.25, 0.3) is 0 Å². The summed E-state index contributed by atoms with van der Waals surface area (Å²) in [5.41, 5.74) is 4.19. The maximum atomic E-state index is 13.2. The Balaban J connectivity index is 0.00000171. The van der Waals surface area contributed by atoms with Gasteiger partial charge in [-0.3, -0.25) is 0 Å². The second-order valence-corrected chi connectivity index (χ2v) is 7.99. The van der Waals surface area contributed by atoms with Gasteiger partial charge >= 0.3 is 70.2 Å². The van der Waals surface area contributed by atoms with Gasteiger partial charge in [0.2, 0.25) is 0 Å². The second-order valence-electron chi connectivity index (χ2n) is 6.61. The molecular weight excluding hydrogens is 430 g/mol. The first-order chi connectivity index (χ1) is 13.9. The van der Waals surface area contributed by atoms with Crippen LogP contribution in [0.1, 0.15) is 0 Å². The van der Waals surface area contributed by atoms with Crippen molar-refractivity contribution < 1.29 is 88.3 Å². The van der Waals surface area contributed by atoms with E-state index >= 15 is 0 Å². The smallest absolute Gasteiger partial charge is 0.872 e. The van der Waals surface area contributed by atoms with Crippen molar-refractivity contribution >= 4 is 10.1 Å². The third-order valence-corrected chi connectivity index (χ3v) is 5.58. The van der Waals surface area contributed by atoms with Crippen LogP contribution in [0.5, 0.6) is 5.75 Å². The van der Waals surface area contributed by atoms with Gasteiger partial charge in [-0.05, 0) is 57.6 Å². The average molecular weight is 446 g/mol. The summed E-state index contributed by atoms with van der Waals surface area (Å²) < 4.78 is 33.6. The number of rotatable bonds is 4. The van der Waals surface area contributed by atoms with Crippen LogP contribution in [0.2, 0.25) is 0 Å². The Morgan fingerprint density at radius 1 is 0.581 bits per heavy atom. The fourth-order valence-electron chi connectivity index (χ4n) is 3.27. The molecule has 0 radical (unpaired) electrons. The molecule has 0 N–H and O–H groups in total. The zero-order chi connectivity index (χ0) is 20.4. The van der Waals surface area contributed by atoms with Crippen molar-refractivity contribution in [2.24, 2.45) is 0 Å². The van der Waals surface area contributed by atoms with Gasteiger partial charge in [-0.15, -0.1) is 0 Å². The van der Waals surface area contributed by atoms with E-state index in [-0.39, 0.29) is 80.9 Å². The maximum absolute atomic E-state index is 13.2. The molecule has 31 heavy (non-hydrogen) atoms. The quantitative estimate of drug-likeness (QED) is 0.288. The van der Waals surface area contributed by atoms with Crippen molar-refractivity contribution in [3.05, 3.63) is 97.1 Å². The van der Waals surface area contributed by atoms with Crippen LogP contribution in [0.4, 0.5) is 0 Å². The van der Waals surface area contributed by atoms with Crippen LogP contribution in [0, 0.1) is 0 Å². The Hall–Kier alpha value is -1.18. The van der Waals surface area contributed by atoms with Gasteiger partial charge in [-0.2, -0.15) is 0 Å². The molecule has 0 saturated carbocycles. The molecule has 0 saturated heterocycles. The second kappa shape index (κ2) is 11.1. The standard InChI is InChI=1S/C24H18O4S.K.Li/c25-24-22(18-7-3-1-4-8-18)15-20(16-23(24)19-9-5-2-6-10-19)17-11-13-21(14-12-17)29(26,27)28;;/h1-16,25H,(H,26,27,28);;/q;2*+1/p-2. The van der Waals surface area contributed by atoms with Gasteiger partial charge in [0.05, 0.1) is 4.90 Å². The Kier molecular flexibility index (Phi) is 9.34. The minimum absolute atomic E-state index is 0. The van der Waals surface area contributed by atoms with E-state index in [4.69, 9.17) is 0 Å². The van der Waals surface area contributed by atoms with Crippen LogP contribution >= 0.6 is 0 Å². The predicted molar refractivity (Wildman–Crippen MR) is 110 cm³/mol. The predicted octanol–water partition coefficient (Wildman–Crippen LogP) is -1.33. The summed E-state index contributed by atoms with van der Waals surface area (Å²) >= 11 is 0. The molecule has 4 rings (SSSR count). The van der Waals surface area contributed by atoms with Gasteiger partial charge in [0.15, 0.2) is 0 Å². The number of benzene rings is 4. The third kappa shape index (κ3) is 5.99. The van der Waals surface area contributed by atoms with Crippen LogP contribution in [0.3, 0.4) is 0 Å². The summed E-state index contributed by atoms with van der Waals surface area (Å²) in [5, 5.41) is 13.2. The summed E-state index contributed by atoms with van der Waals surface area (Å²) in [4.78, 5) is -0.284. The molecule has 7 heteroatoms. The van der Waals surface area contributed by atoms with Crippen molar-refractivity contribution in [2.75, 3.05) is 0 Å². The van der Waals surface area contributed by atoms with Gasteiger partial charge in [-0.1, -0.05) is 78.5 Å². The molecule has 0 aliphatic carbocycles. The minimum atomic E-state index is -4.51. The molecule has 0 aliphatic rings. The molecule has 0 amide bonds. The fraction of sp³-hybridized carbons (Fsp3) is 0. The molecule has 0 aliphatic heterocycles. The topological polar surface area (TPSA) is 80.3 Å². The first kappa shape index (κ1) is 26.1. The maximum Gasteiger partial charge on any atom is 1.00 e. The van der Waals surface area contributed by atoms with Crippen LogP contribution in [-0.4, -0.2) is 13.0 Å². The molecule has 4 aromatic carbocycles. The monoisotopic (exact) mass is 446 g/mol. The van der Waals surface area contributed by atoms with Crippen LogP contribution in [0.15, 0.2) is 102 Å². The van der Waals surface area contributed by atoms with E-state index in [0.29, 0.717) is 16.7 Å². The number of hydrogen-bond acceptors (Lipinski definition) is 4. The van der Waals surface area contributed by atoms with Crippen LogP contribution < -0.4 is 75.4 Å². The number of hydrogen-bond donors (Lipinski definition) is 0. The fourth-order valence-corrected chi connectivity index (χ4v) is 3.74. The summed E-state index contributed by atoms with van der Waals surface area (Å²) in [6.07, 6.45) is 0. The van der Waals surface area contributed by atoms with E-state index in [1.807, 2.05) is 60.7 Å². The zero-order valence-electron chi connectivity index (χ0n) is 17.3. The van der Waals surface area contributed by atoms with Crippen LogP contribution in [-0.2, 0) is 10.1 Å². The van der Waals surface area contributed by atoms with Crippen molar-refractivity contribution in [3.63, 3.8) is 0 Å². The van der Waals surface area contributed by atoms with E-state index in [2.05, 4.69) is 0 Å². The van der Waals surface area contributed by atoms with Crippen molar-refractivity contribution in [3.8, 4) is 39.1 Å². The van der Waals surface area contributed by atoms with Gasteiger partial charge < -0.3 is 9.66 Å². The first-order valence-electron chi connectivity index (χ1n) is 8.96. The molecule has 0 atom stereocenters. The van der Waals surface area contributed by atoms with Crippen molar-refractivity contribution in [1.29, 1.82) is 0 Å². The Bertz CT molecular complexity index is 1200. The zero-order valence-corrected chi connectivity index (χ0v) is 21.2. The Morgan fingerprint density at radius 2 is 1.00 bits per heavy atom. The van der Waals surface area contributed by atoms with Gasteiger partial charge in [0.1, 0.15) is 10.1 Å². The van der Waals surface area contributed by atoms with Crippen molar-refractivity contribution in [1.82, 2.24) is 0 Å². The molecule has 144 valence electrons. The van der Waals surface area contributed by atoms with Gasteiger partial charge in [0, 0.05) is 0 Å². The molecule has 4 aromatic rings. The Morgan fingerprint density at radius 3 is 1.39 bits per heavy atom. The van der Waals surface area contributed by atoms with E-state index in [1.54, 1.807) is 24.3 Å². The molecule has 0 aromatic heterocycles. The molecule has 4 nitrogen and oxygen atoms in total. The van der Waals surface area contributed by atoms with Crippen molar-refractivity contribution in [2.45, 2.75) is 4.90 Å². The molecule has 0 bridgehead atoms. The Labute approximate surface area is 236 Å². The molecule has 0 spiro atoms. The first-order valence-corrected chi connectivity index (χ1v) is 10.4. The minimum Gasteiger partial charge on any atom is -0.872 e. The van der Waals surface area contributed by atoms with E-state index in [1.165, 1.54) is 12.1 Å². The third-order valence-electron chi connectivity index (χ3n) is 4.73. The SMILES string of the molecule is O=S(=O)([O-])c1ccc(-c2cc(-c3ccccc3)c([O-])c(-c3ccccc3)c2)cc1.[K+].[Li+]. The summed E-state index contributed by atoms with van der Waals surface area (Å²) in [7, 11) is -4.51. The van der Waals surface area contributed by atoms with E-state index < -0.39 is 10.1 Å². The molecule has 0 unspecified atom stereocenters. The summed E-state index contributed by atoms with van der Waals surface area (Å²) in [5.74, 6) is -0.0788. The van der Waals surface area contributed by atoms with E-state index in [0.717, 1.165) is 16.7 Å². The average Bonchev–Trinajstić information content (AvgIpc) is 2.75.